The summed E-state index contributed by atoms with van der Waals surface area (Å²) in [5, 5.41) is 11.6. The predicted octanol–water partition coefficient (Wildman–Crippen LogP) is 1.99. The molecule has 0 aliphatic carbocycles. The largest absolute Gasteiger partial charge is 0.227 e. The van der Waals surface area contributed by atoms with Crippen LogP contribution in [-0.2, 0) is 6.42 Å². The zero-order chi connectivity index (χ0) is 9.68. The third-order valence-electron chi connectivity index (χ3n) is 2.05. The Morgan fingerprint density at radius 3 is 2.69 bits per heavy atom. The van der Waals surface area contributed by atoms with Gasteiger partial charge >= 0.3 is 0 Å². The Morgan fingerprint density at radius 2 is 2.08 bits per heavy atom. The number of hydrogen-bond donors (Lipinski definition) is 0. The topological polar surface area (TPSA) is 43.6 Å². The number of aromatic nitrogens is 4. The van der Waals surface area contributed by atoms with Crippen molar-refractivity contribution in [1.29, 1.82) is 0 Å². The molecule has 1 aromatic rings. The number of tetrazole rings is 1. The highest BCUT2D eigenvalue weighted by atomic mass is 15.5. The van der Waals surface area contributed by atoms with Crippen LogP contribution in [0, 0.1) is 0 Å². The second-order valence-electron chi connectivity index (χ2n) is 3.59. The van der Waals surface area contributed by atoms with Crippen LogP contribution >= 0.6 is 0 Å². The van der Waals surface area contributed by atoms with Gasteiger partial charge in [0.25, 0.3) is 0 Å². The summed E-state index contributed by atoms with van der Waals surface area (Å²) in [6.45, 7) is 6.39. The lowest BCUT2D eigenvalue weighted by Gasteiger charge is -2.06. The normalized spacial score (nSPS) is 11.1. The van der Waals surface area contributed by atoms with E-state index in [1.165, 1.54) is 19.3 Å². The zero-order valence-corrected chi connectivity index (χ0v) is 8.69. The molecular weight excluding hydrogens is 164 g/mol. The van der Waals surface area contributed by atoms with Crippen molar-refractivity contribution in [3.63, 3.8) is 0 Å². The highest BCUT2D eigenvalue weighted by molar-refractivity contribution is 4.82. The second kappa shape index (κ2) is 4.94. The summed E-state index contributed by atoms with van der Waals surface area (Å²) in [5.41, 5.74) is 0. The minimum atomic E-state index is 0.367. The van der Waals surface area contributed by atoms with Gasteiger partial charge in [-0.3, -0.25) is 0 Å². The first-order chi connectivity index (χ1) is 6.25. The van der Waals surface area contributed by atoms with Crippen molar-refractivity contribution in [1.82, 2.24) is 20.2 Å². The Balaban J connectivity index is 2.50. The molecule has 1 aromatic heterocycles. The molecule has 0 aliphatic heterocycles. The Kier molecular flexibility index (Phi) is 3.86. The van der Waals surface area contributed by atoms with Crippen LogP contribution in [-0.4, -0.2) is 20.2 Å². The molecule has 0 amide bonds. The van der Waals surface area contributed by atoms with E-state index in [1.807, 2.05) is 4.68 Å². The average Bonchev–Trinajstić information content (AvgIpc) is 2.53. The molecule has 0 N–H and O–H groups in total. The van der Waals surface area contributed by atoms with Crippen molar-refractivity contribution in [2.24, 2.45) is 0 Å². The summed E-state index contributed by atoms with van der Waals surface area (Å²) < 4.78 is 1.90. The van der Waals surface area contributed by atoms with Crippen molar-refractivity contribution in [2.45, 2.75) is 52.5 Å². The van der Waals surface area contributed by atoms with Crippen LogP contribution in [0.15, 0.2) is 0 Å². The van der Waals surface area contributed by atoms with E-state index >= 15 is 0 Å². The van der Waals surface area contributed by atoms with Gasteiger partial charge in [-0.2, -0.15) is 0 Å². The Hall–Kier alpha value is -0.930. The number of unbranched alkanes of at least 4 members (excludes halogenated alkanes) is 2. The molecule has 4 heteroatoms. The maximum Gasteiger partial charge on any atom is 0.151 e. The molecule has 0 unspecified atom stereocenters. The monoisotopic (exact) mass is 182 g/mol. The van der Waals surface area contributed by atoms with Crippen molar-refractivity contribution in [2.75, 3.05) is 0 Å². The number of nitrogens with zero attached hydrogens (tertiary/aromatic N) is 4. The van der Waals surface area contributed by atoms with E-state index in [4.69, 9.17) is 0 Å². The van der Waals surface area contributed by atoms with Crippen LogP contribution in [0.1, 0.15) is 51.9 Å². The lowest BCUT2D eigenvalue weighted by molar-refractivity contribution is 0.488. The predicted molar refractivity (Wildman–Crippen MR) is 51.4 cm³/mol. The third kappa shape index (κ3) is 2.79. The van der Waals surface area contributed by atoms with E-state index in [9.17, 15) is 0 Å². The number of aryl methyl sites for hydroxylation is 1. The van der Waals surface area contributed by atoms with Gasteiger partial charge in [0.1, 0.15) is 0 Å². The van der Waals surface area contributed by atoms with Gasteiger partial charge in [0.05, 0.1) is 6.04 Å². The summed E-state index contributed by atoms with van der Waals surface area (Å²) >= 11 is 0. The van der Waals surface area contributed by atoms with E-state index in [0.717, 1.165) is 12.2 Å². The van der Waals surface area contributed by atoms with Crippen LogP contribution in [0.3, 0.4) is 0 Å². The first kappa shape index (κ1) is 10.2. The van der Waals surface area contributed by atoms with Gasteiger partial charge in [-0.25, -0.2) is 4.68 Å². The molecule has 74 valence electrons. The molecule has 0 radical (unpaired) electrons. The minimum Gasteiger partial charge on any atom is -0.227 e. The van der Waals surface area contributed by atoms with E-state index in [0.29, 0.717) is 6.04 Å². The molecule has 0 bridgehead atoms. The van der Waals surface area contributed by atoms with Gasteiger partial charge in [0.15, 0.2) is 5.82 Å². The van der Waals surface area contributed by atoms with Crippen LogP contribution in [0.5, 0.6) is 0 Å². The van der Waals surface area contributed by atoms with Crippen molar-refractivity contribution < 1.29 is 0 Å². The van der Waals surface area contributed by atoms with E-state index in [-0.39, 0.29) is 0 Å². The maximum absolute atomic E-state index is 4.01. The lowest BCUT2D eigenvalue weighted by Crippen LogP contribution is -2.08. The fourth-order valence-corrected chi connectivity index (χ4v) is 1.31. The number of hydrogen-bond acceptors (Lipinski definition) is 3. The molecular formula is C9H18N4. The second-order valence-corrected chi connectivity index (χ2v) is 3.59. The molecule has 0 fully saturated rings. The molecule has 1 rings (SSSR count). The van der Waals surface area contributed by atoms with Crippen LogP contribution in [0.4, 0.5) is 0 Å². The molecule has 4 nitrogen and oxygen atoms in total. The Labute approximate surface area is 79.3 Å². The van der Waals surface area contributed by atoms with Crippen molar-refractivity contribution in [3.05, 3.63) is 5.82 Å². The molecule has 0 saturated heterocycles. The Morgan fingerprint density at radius 1 is 1.31 bits per heavy atom. The molecule has 0 saturated carbocycles. The maximum atomic E-state index is 4.01. The summed E-state index contributed by atoms with van der Waals surface area (Å²) in [6, 6.07) is 0.367. The van der Waals surface area contributed by atoms with Gasteiger partial charge in [-0.15, -0.1) is 5.10 Å². The molecule has 1 heterocycles. The summed E-state index contributed by atoms with van der Waals surface area (Å²) in [5.74, 6) is 1.02. The van der Waals surface area contributed by atoms with Gasteiger partial charge < -0.3 is 0 Å². The zero-order valence-electron chi connectivity index (χ0n) is 8.69. The minimum absolute atomic E-state index is 0.367. The highest BCUT2D eigenvalue weighted by Crippen LogP contribution is 2.07. The first-order valence-electron chi connectivity index (χ1n) is 5.02. The summed E-state index contributed by atoms with van der Waals surface area (Å²) in [4.78, 5) is 0. The van der Waals surface area contributed by atoms with Crippen LogP contribution in [0.25, 0.3) is 0 Å². The van der Waals surface area contributed by atoms with E-state index in [1.54, 1.807) is 0 Å². The van der Waals surface area contributed by atoms with Gasteiger partial charge in [-0.05, 0) is 30.7 Å². The van der Waals surface area contributed by atoms with Gasteiger partial charge in [-0.1, -0.05) is 19.8 Å². The molecule has 0 spiro atoms. The fraction of sp³-hybridized carbons (Fsp3) is 0.889. The number of rotatable bonds is 5. The fourth-order valence-electron chi connectivity index (χ4n) is 1.31. The summed E-state index contributed by atoms with van der Waals surface area (Å²) in [6.07, 6.45) is 4.68. The third-order valence-corrected chi connectivity index (χ3v) is 2.05. The van der Waals surface area contributed by atoms with Crippen LogP contribution < -0.4 is 0 Å². The molecule has 0 aromatic carbocycles. The average molecular weight is 182 g/mol. The van der Waals surface area contributed by atoms with Crippen LogP contribution in [0.2, 0.25) is 0 Å². The van der Waals surface area contributed by atoms with Gasteiger partial charge in [0, 0.05) is 6.42 Å². The molecule has 0 atom stereocenters. The molecule has 0 aliphatic rings. The van der Waals surface area contributed by atoms with Gasteiger partial charge in [0.2, 0.25) is 0 Å². The summed E-state index contributed by atoms with van der Waals surface area (Å²) in [7, 11) is 0. The smallest absolute Gasteiger partial charge is 0.151 e. The first-order valence-corrected chi connectivity index (χ1v) is 5.02. The highest BCUT2D eigenvalue weighted by Gasteiger charge is 2.07. The van der Waals surface area contributed by atoms with E-state index in [2.05, 4.69) is 36.3 Å². The quantitative estimate of drug-likeness (QED) is 0.654. The lowest BCUT2D eigenvalue weighted by atomic mass is 10.2. The van der Waals surface area contributed by atoms with Crippen molar-refractivity contribution >= 4 is 0 Å². The van der Waals surface area contributed by atoms with E-state index < -0.39 is 0 Å². The van der Waals surface area contributed by atoms with Crippen molar-refractivity contribution in [3.8, 4) is 0 Å². The Bertz CT molecular complexity index is 242. The SMILES string of the molecule is CCCCCc1nnnn1C(C)C. The standard InChI is InChI=1S/C9H18N4/c1-4-5-6-7-9-10-11-12-13(9)8(2)3/h8H,4-7H2,1-3H3. The molecule has 13 heavy (non-hydrogen) atoms.